The third-order valence-electron chi connectivity index (χ3n) is 5.73. The summed E-state index contributed by atoms with van der Waals surface area (Å²) in [6, 6.07) is 19.7. The molecule has 1 aliphatic heterocycles. The molecular formula is C27H27N3O3. The molecule has 0 radical (unpaired) electrons. The van der Waals surface area contributed by atoms with Gasteiger partial charge in [0.05, 0.1) is 23.7 Å². The largest absolute Gasteiger partial charge is 0.491 e. The number of carbonyl (C=O) groups excluding carboxylic acids is 1. The Balaban J connectivity index is 1.39. The maximum absolute atomic E-state index is 13.2. The van der Waals surface area contributed by atoms with Crippen molar-refractivity contribution in [2.75, 3.05) is 13.2 Å². The third kappa shape index (κ3) is 4.42. The highest BCUT2D eigenvalue weighted by atomic mass is 16.5. The number of ether oxygens (including phenoxy) is 2. The second-order valence-corrected chi connectivity index (χ2v) is 8.64. The summed E-state index contributed by atoms with van der Waals surface area (Å²) >= 11 is 0. The van der Waals surface area contributed by atoms with E-state index in [-0.39, 0.29) is 12.0 Å². The van der Waals surface area contributed by atoms with Gasteiger partial charge in [-0.3, -0.25) is 4.79 Å². The number of aryl methyl sites for hydroxylation is 1. The Morgan fingerprint density at radius 3 is 2.61 bits per heavy atom. The van der Waals surface area contributed by atoms with Crippen LogP contribution in [0.4, 0.5) is 0 Å². The Morgan fingerprint density at radius 2 is 1.82 bits per heavy atom. The van der Waals surface area contributed by atoms with Crippen molar-refractivity contribution in [3.05, 3.63) is 77.6 Å². The molecule has 1 amide bonds. The maximum Gasteiger partial charge on any atom is 0.254 e. The Bertz CT molecular complexity index is 1310. The summed E-state index contributed by atoms with van der Waals surface area (Å²) in [5, 5.41) is 0. The summed E-state index contributed by atoms with van der Waals surface area (Å²) in [6.45, 7) is 7.41. The molecule has 6 heteroatoms. The number of H-pyrrole nitrogens is 1. The van der Waals surface area contributed by atoms with Gasteiger partial charge in [0.25, 0.3) is 5.91 Å². The molecular weight excluding hydrogens is 414 g/mol. The van der Waals surface area contributed by atoms with Crippen LogP contribution >= 0.6 is 0 Å². The highest BCUT2D eigenvalue weighted by molar-refractivity contribution is 5.94. The Kier molecular flexibility index (Phi) is 5.50. The minimum atomic E-state index is -0.0118. The molecule has 0 fully saturated rings. The van der Waals surface area contributed by atoms with Crippen LogP contribution in [0.3, 0.4) is 0 Å². The summed E-state index contributed by atoms with van der Waals surface area (Å²) in [4.78, 5) is 22.8. The van der Waals surface area contributed by atoms with Crippen LogP contribution in [0.2, 0.25) is 0 Å². The van der Waals surface area contributed by atoms with Crippen LogP contribution in [0.25, 0.3) is 22.2 Å². The number of fused-ring (bicyclic) bond motifs is 2. The third-order valence-corrected chi connectivity index (χ3v) is 5.73. The lowest BCUT2D eigenvalue weighted by Gasteiger charge is -2.20. The first-order valence-electron chi connectivity index (χ1n) is 11.2. The number of aromatic nitrogens is 2. The van der Waals surface area contributed by atoms with Crippen LogP contribution in [0.5, 0.6) is 11.5 Å². The van der Waals surface area contributed by atoms with Gasteiger partial charge in [-0.15, -0.1) is 0 Å². The van der Waals surface area contributed by atoms with Gasteiger partial charge in [-0.25, -0.2) is 4.98 Å². The van der Waals surface area contributed by atoms with Crippen molar-refractivity contribution in [1.82, 2.24) is 14.9 Å². The second-order valence-electron chi connectivity index (χ2n) is 8.64. The fraction of sp³-hybridized carbons (Fsp3) is 0.259. The second kappa shape index (κ2) is 8.62. The molecule has 5 rings (SSSR count). The molecule has 1 N–H and O–H groups in total. The molecule has 0 saturated heterocycles. The van der Waals surface area contributed by atoms with Crippen LogP contribution in [-0.4, -0.2) is 40.0 Å². The first-order chi connectivity index (χ1) is 16.0. The number of rotatable bonds is 4. The van der Waals surface area contributed by atoms with Crippen molar-refractivity contribution < 1.29 is 14.3 Å². The lowest BCUT2D eigenvalue weighted by atomic mass is 10.0. The fourth-order valence-electron chi connectivity index (χ4n) is 4.19. The van der Waals surface area contributed by atoms with Crippen LogP contribution in [0.15, 0.2) is 60.7 Å². The molecule has 3 aromatic carbocycles. The number of imidazole rings is 1. The van der Waals surface area contributed by atoms with Gasteiger partial charge >= 0.3 is 0 Å². The average molecular weight is 442 g/mol. The van der Waals surface area contributed by atoms with Gasteiger partial charge in [0.1, 0.15) is 23.9 Å². The summed E-state index contributed by atoms with van der Waals surface area (Å²) in [7, 11) is 0. The summed E-state index contributed by atoms with van der Waals surface area (Å²) in [5.41, 5.74) is 5.78. The predicted molar refractivity (Wildman–Crippen MR) is 129 cm³/mol. The quantitative estimate of drug-likeness (QED) is 0.463. The summed E-state index contributed by atoms with van der Waals surface area (Å²) in [5.74, 6) is 2.48. The average Bonchev–Trinajstić information content (AvgIpc) is 3.04. The van der Waals surface area contributed by atoms with E-state index in [1.165, 1.54) is 0 Å². The number of amides is 1. The molecule has 0 spiro atoms. The first-order valence-corrected chi connectivity index (χ1v) is 11.2. The number of hydrogen-bond donors (Lipinski definition) is 1. The highest BCUT2D eigenvalue weighted by Crippen LogP contribution is 2.31. The fourth-order valence-corrected chi connectivity index (χ4v) is 4.19. The van der Waals surface area contributed by atoms with E-state index < -0.39 is 0 Å². The van der Waals surface area contributed by atoms with Crippen molar-refractivity contribution in [1.29, 1.82) is 0 Å². The van der Waals surface area contributed by atoms with E-state index in [9.17, 15) is 4.79 Å². The number of nitrogens with zero attached hydrogens (tertiary/aromatic N) is 2. The van der Waals surface area contributed by atoms with Gasteiger partial charge in [0.2, 0.25) is 0 Å². The van der Waals surface area contributed by atoms with E-state index in [1.54, 1.807) is 0 Å². The zero-order valence-corrected chi connectivity index (χ0v) is 19.1. The van der Waals surface area contributed by atoms with Crippen molar-refractivity contribution >= 4 is 16.9 Å². The van der Waals surface area contributed by atoms with Crippen LogP contribution in [-0.2, 0) is 6.54 Å². The molecule has 1 aliphatic rings. The Hall–Kier alpha value is -3.80. The minimum absolute atomic E-state index is 0.0118. The molecule has 1 aromatic heterocycles. The van der Waals surface area contributed by atoms with Gasteiger partial charge < -0.3 is 19.4 Å². The lowest BCUT2D eigenvalue weighted by Crippen LogP contribution is -2.32. The van der Waals surface area contributed by atoms with Crippen LogP contribution in [0, 0.1) is 6.92 Å². The summed E-state index contributed by atoms with van der Waals surface area (Å²) in [6.07, 6.45) is 0.0954. The van der Waals surface area contributed by atoms with E-state index >= 15 is 0 Å². The van der Waals surface area contributed by atoms with Crippen molar-refractivity contribution in [2.45, 2.75) is 33.4 Å². The van der Waals surface area contributed by atoms with Crippen molar-refractivity contribution in [3.63, 3.8) is 0 Å². The normalized spacial score (nSPS) is 13.5. The molecule has 0 atom stereocenters. The predicted octanol–water partition coefficient (Wildman–Crippen LogP) is 5.36. The SMILES string of the molecule is Cc1nc2ccc(-c3ccc4c(c3)CN(C(=O)c3ccc(OC(C)C)cc3)CCO4)cc2[nH]1. The molecule has 2 heterocycles. The number of aromatic amines is 1. The van der Waals surface area contributed by atoms with E-state index in [2.05, 4.69) is 34.2 Å². The van der Waals surface area contributed by atoms with E-state index in [1.807, 2.05) is 62.1 Å². The number of nitrogens with one attached hydrogen (secondary N) is 1. The molecule has 0 aliphatic carbocycles. The Labute approximate surface area is 193 Å². The zero-order chi connectivity index (χ0) is 22.9. The highest BCUT2D eigenvalue weighted by Gasteiger charge is 2.22. The summed E-state index contributed by atoms with van der Waals surface area (Å²) < 4.78 is 11.7. The van der Waals surface area contributed by atoms with E-state index in [0.29, 0.717) is 25.3 Å². The standard InChI is InChI=1S/C27H27N3O3/c1-17(2)33-23-8-4-19(5-9-23)27(31)30-12-13-32-26-11-7-20(14-22(26)16-30)21-6-10-24-25(15-21)29-18(3)28-24/h4-11,14-15,17H,12-13,16H2,1-3H3,(H,28,29). The van der Waals surface area contributed by atoms with E-state index in [0.717, 1.165) is 45.0 Å². The molecule has 0 saturated carbocycles. The molecule has 0 bridgehead atoms. The molecule has 168 valence electrons. The van der Waals surface area contributed by atoms with Gasteiger partial charge in [-0.1, -0.05) is 12.1 Å². The molecule has 33 heavy (non-hydrogen) atoms. The molecule has 0 unspecified atom stereocenters. The minimum Gasteiger partial charge on any atom is -0.491 e. The maximum atomic E-state index is 13.2. The molecule has 6 nitrogen and oxygen atoms in total. The number of hydrogen-bond acceptors (Lipinski definition) is 4. The van der Waals surface area contributed by atoms with Gasteiger partial charge in [-0.2, -0.15) is 0 Å². The van der Waals surface area contributed by atoms with Crippen LogP contribution in [0.1, 0.15) is 35.6 Å². The van der Waals surface area contributed by atoms with Gasteiger partial charge in [-0.05, 0) is 80.4 Å². The van der Waals surface area contributed by atoms with Crippen molar-refractivity contribution in [3.8, 4) is 22.6 Å². The zero-order valence-electron chi connectivity index (χ0n) is 19.1. The first kappa shape index (κ1) is 21.1. The van der Waals surface area contributed by atoms with E-state index in [4.69, 9.17) is 9.47 Å². The monoisotopic (exact) mass is 441 g/mol. The topological polar surface area (TPSA) is 67.5 Å². The number of benzene rings is 3. The molecule has 4 aromatic rings. The van der Waals surface area contributed by atoms with Crippen molar-refractivity contribution in [2.24, 2.45) is 0 Å². The number of carbonyl (C=O) groups is 1. The lowest BCUT2D eigenvalue weighted by molar-refractivity contribution is 0.0733. The van der Waals surface area contributed by atoms with Gasteiger partial charge in [0.15, 0.2) is 0 Å². The Morgan fingerprint density at radius 1 is 1.06 bits per heavy atom. The van der Waals surface area contributed by atoms with Crippen LogP contribution < -0.4 is 9.47 Å². The van der Waals surface area contributed by atoms with Gasteiger partial charge in [0, 0.05) is 17.7 Å². The smallest absolute Gasteiger partial charge is 0.254 e.